The molecule has 0 spiro atoms. The molecule has 0 saturated carbocycles. The number of carbonyl (C=O) groups is 1. The number of nitrogens with zero attached hydrogens (tertiary/aromatic N) is 4. The summed E-state index contributed by atoms with van der Waals surface area (Å²) < 4.78 is 7.45. The highest BCUT2D eigenvalue weighted by atomic mass is 32.2. The molecule has 0 unspecified atom stereocenters. The molecular weight excluding hydrogens is 410 g/mol. The second kappa shape index (κ2) is 7.88. The molecular formula is C23H19N5O2S. The molecule has 5 rings (SSSR count). The van der Waals surface area contributed by atoms with Gasteiger partial charge in [-0.1, -0.05) is 42.1 Å². The summed E-state index contributed by atoms with van der Waals surface area (Å²) in [5.74, 6) is 1.30. The number of para-hydroxylation sites is 2. The van der Waals surface area contributed by atoms with Crippen molar-refractivity contribution in [3.8, 4) is 11.6 Å². The Kier molecular flexibility index (Phi) is 4.91. The fraction of sp³-hybridized carbons (Fsp3) is 0.130. The second-order valence-electron chi connectivity index (χ2n) is 7.18. The van der Waals surface area contributed by atoms with Crippen LogP contribution in [0.25, 0.3) is 28.1 Å². The van der Waals surface area contributed by atoms with Crippen molar-refractivity contribution in [2.75, 3.05) is 11.1 Å². The van der Waals surface area contributed by atoms with Crippen LogP contribution in [0.1, 0.15) is 11.1 Å². The molecule has 0 atom stereocenters. The van der Waals surface area contributed by atoms with Crippen molar-refractivity contribution < 1.29 is 9.21 Å². The number of furan rings is 1. The third kappa shape index (κ3) is 3.55. The number of aryl methyl sites for hydroxylation is 2. The Morgan fingerprint density at radius 1 is 1.03 bits per heavy atom. The summed E-state index contributed by atoms with van der Waals surface area (Å²) in [5, 5.41) is 13.2. The normalized spacial score (nSPS) is 11.3. The third-order valence-electron chi connectivity index (χ3n) is 5.04. The number of rotatable bonds is 5. The van der Waals surface area contributed by atoms with Crippen LogP contribution < -0.4 is 5.32 Å². The Labute approximate surface area is 182 Å². The lowest BCUT2D eigenvalue weighted by molar-refractivity contribution is -0.113. The first kappa shape index (κ1) is 19.3. The van der Waals surface area contributed by atoms with E-state index in [9.17, 15) is 4.79 Å². The highest BCUT2D eigenvalue weighted by Gasteiger charge is 2.19. The van der Waals surface area contributed by atoms with Crippen LogP contribution in [0.4, 0.5) is 5.69 Å². The Hall–Kier alpha value is -3.65. The molecule has 3 heterocycles. The Balaban J connectivity index is 1.49. The number of hydrogen-bond acceptors (Lipinski definition) is 6. The van der Waals surface area contributed by atoms with E-state index >= 15 is 0 Å². The SMILES string of the molecule is Cc1cccc(C)c1NC(=O)CSc1nnc2c3ccccc3nc(-c3ccco3)n12. The van der Waals surface area contributed by atoms with Crippen molar-refractivity contribution >= 4 is 39.9 Å². The first-order valence-corrected chi connectivity index (χ1v) is 10.8. The lowest BCUT2D eigenvalue weighted by atomic mass is 10.1. The van der Waals surface area contributed by atoms with Crippen LogP contribution in [-0.2, 0) is 4.79 Å². The minimum Gasteiger partial charge on any atom is -0.461 e. The number of thioether (sulfide) groups is 1. The topological polar surface area (TPSA) is 85.3 Å². The van der Waals surface area contributed by atoms with Crippen LogP contribution in [0.2, 0.25) is 0 Å². The lowest BCUT2D eigenvalue weighted by Crippen LogP contribution is -2.16. The Morgan fingerprint density at radius 3 is 2.61 bits per heavy atom. The highest BCUT2D eigenvalue weighted by Crippen LogP contribution is 2.29. The standard InChI is InChI=1S/C23H19N5O2S/c1-14-7-5-8-15(2)20(14)25-19(29)13-31-23-27-26-21-16-9-3-4-10-17(16)24-22(28(21)23)18-11-6-12-30-18/h3-12H,13H2,1-2H3,(H,25,29). The zero-order valence-corrected chi connectivity index (χ0v) is 17.8. The van der Waals surface area contributed by atoms with E-state index in [4.69, 9.17) is 9.40 Å². The van der Waals surface area contributed by atoms with E-state index in [1.165, 1.54) is 11.8 Å². The third-order valence-corrected chi connectivity index (χ3v) is 5.96. The quantitative estimate of drug-likeness (QED) is 0.401. The van der Waals surface area contributed by atoms with Crippen molar-refractivity contribution in [3.63, 3.8) is 0 Å². The highest BCUT2D eigenvalue weighted by molar-refractivity contribution is 7.99. The number of fused-ring (bicyclic) bond motifs is 3. The van der Waals surface area contributed by atoms with E-state index in [1.807, 2.05) is 72.8 Å². The van der Waals surface area contributed by atoms with E-state index < -0.39 is 0 Å². The molecule has 2 aromatic carbocycles. The number of benzene rings is 2. The van der Waals surface area contributed by atoms with Gasteiger partial charge in [0.05, 0.1) is 17.5 Å². The summed E-state index contributed by atoms with van der Waals surface area (Å²) in [6.45, 7) is 3.96. The summed E-state index contributed by atoms with van der Waals surface area (Å²) in [6.07, 6.45) is 1.60. The maximum atomic E-state index is 12.7. The van der Waals surface area contributed by atoms with E-state index in [0.29, 0.717) is 22.4 Å². The predicted octanol–water partition coefficient (Wildman–Crippen LogP) is 4.89. The first-order chi connectivity index (χ1) is 15.1. The van der Waals surface area contributed by atoms with E-state index in [2.05, 4.69) is 15.5 Å². The first-order valence-electron chi connectivity index (χ1n) is 9.78. The van der Waals surface area contributed by atoms with Gasteiger partial charge in [0.15, 0.2) is 22.4 Å². The van der Waals surface area contributed by atoms with Gasteiger partial charge in [0.25, 0.3) is 0 Å². The summed E-state index contributed by atoms with van der Waals surface area (Å²) >= 11 is 1.31. The zero-order chi connectivity index (χ0) is 21.4. The van der Waals surface area contributed by atoms with Gasteiger partial charge in [0, 0.05) is 11.1 Å². The van der Waals surface area contributed by atoms with E-state index in [0.717, 1.165) is 27.7 Å². The largest absolute Gasteiger partial charge is 0.461 e. The van der Waals surface area contributed by atoms with Crippen molar-refractivity contribution in [1.29, 1.82) is 0 Å². The van der Waals surface area contributed by atoms with Gasteiger partial charge in [0.1, 0.15) is 0 Å². The average molecular weight is 430 g/mol. The van der Waals surface area contributed by atoms with Crippen LogP contribution in [0.3, 0.4) is 0 Å². The van der Waals surface area contributed by atoms with Gasteiger partial charge < -0.3 is 9.73 Å². The summed E-state index contributed by atoms with van der Waals surface area (Å²) in [5.41, 5.74) is 4.39. The van der Waals surface area contributed by atoms with Gasteiger partial charge in [-0.2, -0.15) is 0 Å². The molecule has 0 radical (unpaired) electrons. The molecule has 0 bridgehead atoms. The molecule has 8 heteroatoms. The van der Waals surface area contributed by atoms with Crippen LogP contribution in [0.5, 0.6) is 0 Å². The Morgan fingerprint density at radius 2 is 1.84 bits per heavy atom. The fourth-order valence-electron chi connectivity index (χ4n) is 3.54. The molecule has 31 heavy (non-hydrogen) atoms. The van der Waals surface area contributed by atoms with Gasteiger partial charge >= 0.3 is 0 Å². The van der Waals surface area contributed by atoms with Gasteiger partial charge in [0.2, 0.25) is 5.91 Å². The van der Waals surface area contributed by atoms with Crippen LogP contribution in [0, 0.1) is 13.8 Å². The number of anilines is 1. The van der Waals surface area contributed by atoms with Gasteiger partial charge in [-0.3, -0.25) is 9.20 Å². The number of nitrogens with one attached hydrogen (secondary N) is 1. The van der Waals surface area contributed by atoms with E-state index in [-0.39, 0.29) is 11.7 Å². The monoisotopic (exact) mass is 429 g/mol. The number of aromatic nitrogens is 4. The molecule has 7 nitrogen and oxygen atoms in total. The van der Waals surface area contributed by atoms with Gasteiger partial charge in [-0.05, 0) is 49.2 Å². The van der Waals surface area contributed by atoms with Crippen molar-refractivity contribution in [3.05, 3.63) is 72.0 Å². The molecule has 0 fully saturated rings. The molecule has 154 valence electrons. The molecule has 1 amide bonds. The van der Waals surface area contributed by atoms with Gasteiger partial charge in [-0.15, -0.1) is 10.2 Å². The molecule has 0 aliphatic carbocycles. The lowest BCUT2D eigenvalue weighted by Gasteiger charge is -2.11. The average Bonchev–Trinajstić information content (AvgIpc) is 3.45. The molecule has 0 aliphatic rings. The van der Waals surface area contributed by atoms with Gasteiger partial charge in [-0.25, -0.2) is 4.98 Å². The Bertz CT molecular complexity index is 1390. The summed E-state index contributed by atoms with van der Waals surface area (Å²) in [6, 6.07) is 17.4. The summed E-state index contributed by atoms with van der Waals surface area (Å²) in [7, 11) is 0. The van der Waals surface area contributed by atoms with E-state index in [1.54, 1.807) is 6.26 Å². The van der Waals surface area contributed by atoms with Crippen LogP contribution >= 0.6 is 11.8 Å². The maximum absolute atomic E-state index is 12.7. The predicted molar refractivity (Wildman–Crippen MR) is 121 cm³/mol. The molecule has 0 saturated heterocycles. The maximum Gasteiger partial charge on any atom is 0.234 e. The number of carbonyl (C=O) groups excluding carboxylic acids is 1. The molecule has 5 aromatic rings. The zero-order valence-electron chi connectivity index (χ0n) is 17.0. The van der Waals surface area contributed by atoms with Crippen molar-refractivity contribution in [2.24, 2.45) is 0 Å². The van der Waals surface area contributed by atoms with Crippen molar-refractivity contribution in [1.82, 2.24) is 19.6 Å². The minimum atomic E-state index is -0.104. The number of amides is 1. The molecule has 0 aliphatic heterocycles. The molecule has 1 N–H and O–H groups in total. The van der Waals surface area contributed by atoms with Crippen LogP contribution in [-0.4, -0.2) is 31.2 Å². The summed E-state index contributed by atoms with van der Waals surface area (Å²) in [4.78, 5) is 17.4. The minimum absolute atomic E-state index is 0.104. The second-order valence-corrected chi connectivity index (χ2v) is 8.12. The number of hydrogen-bond donors (Lipinski definition) is 1. The fourth-order valence-corrected chi connectivity index (χ4v) is 4.27. The van der Waals surface area contributed by atoms with Crippen LogP contribution in [0.15, 0.2) is 70.4 Å². The molecule has 3 aromatic heterocycles. The van der Waals surface area contributed by atoms with Crippen molar-refractivity contribution in [2.45, 2.75) is 19.0 Å². The smallest absolute Gasteiger partial charge is 0.234 e.